The Hall–Kier alpha value is -1.40. The predicted molar refractivity (Wildman–Crippen MR) is 77.8 cm³/mol. The molecule has 0 amide bonds. The monoisotopic (exact) mass is 283 g/mol. The summed E-state index contributed by atoms with van der Waals surface area (Å²) in [6.07, 6.45) is 2.54. The van der Waals surface area contributed by atoms with Gasteiger partial charge in [-0.3, -0.25) is 9.56 Å². The van der Waals surface area contributed by atoms with Crippen LogP contribution in [0.3, 0.4) is 0 Å². The highest BCUT2D eigenvalue weighted by Crippen LogP contribution is 2.12. The maximum absolute atomic E-state index is 10.8. The number of hydrazone groups is 1. The van der Waals surface area contributed by atoms with Crippen molar-refractivity contribution in [1.82, 2.24) is 0 Å². The molecular formula is C13H19N2O3S. The Morgan fingerprint density at radius 2 is 2.05 bits per heavy atom. The fourth-order valence-corrected chi connectivity index (χ4v) is 2.49. The fraction of sp³-hybridized carbons (Fsp3) is 0.385. The number of anilines is 1. The van der Waals surface area contributed by atoms with E-state index in [1.54, 1.807) is 11.2 Å². The van der Waals surface area contributed by atoms with Crippen LogP contribution in [0.1, 0.15) is 12.8 Å². The minimum absolute atomic E-state index is 0.220. The van der Waals surface area contributed by atoms with E-state index in [2.05, 4.69) is 12.0 Å². The van der Waals surface area contributed by atoms with Crippen LogP contribution in [0.25, 0.3) is 0 Å². The number of rotatable bonds is 7. The molecule has 19 heavy (non-hydrogen) atoms. The Labute approximate surface area is 114 Å². The van der Waals surface area contributed by atoms with Gasteiger partial charge in [0.05, 0.1) is 11.4 Å². The van der Waals surface area contributed by atoms with Gasteiger partial charge in [-0.1, -0.05) is 25.1 Å². The molecule has 0 spiro atoms. The summed E-state index contributed by atoms with van der Waals surface area (Å²) < 4.78 is 30.4. The van der Waals surface area contributed by atoms with Gasteiger partial charge in [0.2, 0.25) is 0 Å². The second-order valence-corrected chi connectivity index (χ2v) is 5.79. The Kier molecular flexibility index (Phi) is 5.98. The minimum Gasteiger partial charge on any atom is -0.286 e. The van der Waals surface area contributed by atoms with E-state index in [0.29, 0.717) is 12.8 Å². The number of hydrogen-bond acceptors (Lipinski definition) is 4. The third kappa shape index (κ3) is 6.35. The van der Waals surface area contributed by atoms with Crippen molar-refractivity contribution in [3.05, 3.63) is 37.3 Å². The topological polar surface area (TPSA) is 70.0 Å². The van der Waals surface area contributed by atoms with Crippen molar-refractivity contribution >= 4 is 22.0 Å². The van der Waals surface area contributed by atoms with E-state index >= 15 is 0 Å². The zero-order valence-electron chi connectivity index (χ0n) is 10.9. The van der Waals surface area contributed by atoms with Gasteiger partial charge in [0.1, 0.15) is 0 Å². The van der Waals surface area contributed by atoms with E-state index in [-0.39, 0.29) is 11.7 Å². The number of benzene rings is 1. The second kappa shape index (κ2) is 7.25. The summed E-state index contributed by atoms with van der Waals surface area (Å²) in [6.45, 7) is 3.68. The highest BCUT2D eigenvalue weighted by Gasteiger charge is 2.14. The lowest BCUT2D eigenvalue weighted by Crippen LogP contribution is -2.16. The van der Waals surface area contributed by atoms with Crippen LogP contribution in [-0.4, -0.2) is 32.0 Å². The molecule has 0 bridgehead atoms. The molecule has 0 saturated carbocycles. The molecule has 0 aromatic heterocycles. The smallest absolute Gasteiger partial charge is 0.265 e. The SMILES string of the molecule is [CH2]CC(CC=NN(C)c1ccccc1)CS(=O)(=O)O. The summed E-state index contributed by atoms with van der Waals surface area (Å²) in [4.78, 5) is 0. The molecule has 1 aromatic rings. The van der Waals surface area contributed by atoms with Crippen molar-refractivity contribution in [3.63, 3.8) is 0 Å². The molecule has 0 aliphatic carbocycles. The van der Waals surface area contributed by atoms with Crippen molar-refractivity contribution in [3.8, 4) is 0 Å². The van der Waals surface area contributed by atoms with Crippen LogP contribution in [0.15, 0.2) is 35.4 Å². The van der Waals surface area contributed by atoms with Crippen molar-refractivity contribution in [2.75, 3.05) is 17.8 Å². The first kappa shape index (κ1) is 15.7. The van der Waals surface area contributed by atoms with Crippen LogP contribution in [0, 0.1) is 12.8 Å². The number of para-hydroxylation sites is 1. The molecule has 1 rings (SSSR count). The molecule has 1 unspecified atom stereocenters. The lowest BCUT2D eigenvalue weighted by molar-refractivity contribution is 0.466. The van der Waals surface area contributed by atoms with E-state index in [1.165, 1.54) is 0 Å². The normalized spacial score (nSPS) is 13.6. The van der Waals surface area contributed by atoms with Gasteiger partial charge in [-0.15, -0.1) is 0 Å². The summed E-state index contributed by atoms with van der Waals surface area (Å²) in [5.41, 5.74) is 0.944. The zero-order chi connectivity index (χ0) is 14.3. The summed E-state index contributed by atoms with van der Waals surface area (Å²) in [5, 5.41) is 5.92. The maximum atomic E-state index is 10.8. The van der Waals surface area contributed by atoms with Gasteiger partial charge in [0.25, 0.3) is 10.1 Å². The summed E-state index contributed by atoms with van der Waals surface area (Å²) >= 11 is 0. The van der Waals surface area contributed by atoms with Gasteiger partial charge < -0.3 is 0 Å². The highest BCUT2D eigenvalue weighted by atomic mass is 32.2. The van der Waals surface area contributed by atoms with Crippen molar-refractivity contribution in [2.45, 2.75) is 12.8 Å². The van der Waals surface area contributed by atoms with Gasteiger partial charge in [0.15, 0.2) is 0 Å². The Balaban J connectivity index is 2.53. The van der Waals surface area contributed by atoms with Crippen LogP contribution < -0.4 is 5.01 Å². The highest BCUT2D eigenvalue weighted by molar-refractivity contribution is 7.85. The largest absolute Gasteiger partial charge is 0.286 e. The molecule has 1 atom stereocenters. The van der Waals surface area contributed by atoms with Gasteiger partial charge >= 0.3 is 0 Å². The Bertz CT molecular complexity index is 500. The predicted octanol–water partition coefficient (Wildman–Crippen LogP) is 2.23. The Morgan fingerprint density at radius 1 is 1.42 bits per heavy atom. The lowest BCUT2D eigenvalue weighted by atomic mass is 10.1. The third-order valence-electron chi connectivity index (χ3n) is 2.68. The first-order valence-electron chi connectivity index (χ1n) is 5.98. The first-order valence-corrected chi connectivity index (χ1v) is 7.59. The molecular weight excluding hydrogens is 264 g/mol. The average Bonchev–Trinajstić information content (AvgIpc) is 2.37. The third-order valence-corrected chi connectivity index (χ3v) is 3.57. The van der Waals surface area contributed by atoms with Crippen LogP contribution in [0.4, 0.5) is 5.69 Å². The molecule has 0 saturated heterocycles. The van der Waals surface area contributed by atoms with E-state index in [4.69, 9.17) is 4.55 Å². The molecule has 0 aliphatic heterocycles. The maximum Gasteiger partial charge on any atom is 0.265 e. The van der Waals surface area contributed by atoms with Crippen molar-refractivity contribution in [2.24, 2.45) is 11.0 Å². The summed E-state index contributed by atoms with van der Waals surface area (Å²) in [7, 11) is -2.14. The minimum atomic E-state index is -3.95. The fourth-order valence-electron chi connectivity index (χ4n) is 1.60. The second-order valence-electron chi connectivity index (χ2n) is 4.30. The molecule has 1 radical (unpaired) electrons. The lowest BCUT2D eigenvalue weighted by Gasteiger charge is -2.13. The summed E-state index contributed by atoms with van der Waals surface area (Å²) in [5.74, 6) is -0.500. The number of hydrogen-bond donors (Lipinski definition) is 1. The molecule has 6 heteroatoms. The molecule has 1 N–H and O–H groups in total. The quantitative estimate of drug-likeness (QED) is 0.473. The van der Waals surface area contributed by atoms with Gasteiger partial charge in [-0.05, 0) is 30.9 Å². The zero-order valence-corrected chi connectivity index (χ0v) is 11.8. The van der Waals surface area contributed by atoms with Gasteiger partial charge in [0, 0.05) is 13.3 Å². The van der Waals surface area contributed by atoms with Crippen LogP contribution >= 0.6 is 0 Å². The summed E-state index contributed by atoms with van der Waals surface area (Å²) in [6, 6.07) is 9.60. The van der Waals surface area contributed by atoms with Crippen LogP contribution in [0.2, 0.25) is 0 Å². The van der Waals surface area contributed by atoms with E-state index in [9.17, 15) is 8.42 Å². The molecule has 0 aliphatic rings. The van der Waals surface area contributed by atoms with E-state index in [1.807, 2.05) is 37.4 Å². The number of nitrogens with zero attached hydrogens (tertiary/aromatic N) is 2. The van der Waals surface area contributed by atoms with E-state index in [0.717, 1.165) is 5.69 Å². The molecule has 1 aromatic carbocycles. The van der Waals surface area contributed by atoms with Gasteiger partial charge in [-0.2, -0.15) is 13.5 Å². The van der Waals surface area contributed by atoms with Crippen molar-refractivity contribution in [1.29, 1.82) is 0 Å². The average molecular weight is 283 g/mol. The molecule has 0 heterocycles. The van der Waals surface area contributed by atoms with Crippen LogP contribution in [-0.2, 0) is 10.1 Å². The van der Waals surface area contributed by atoms with Gasteiger partial charge in [-0.25, -0.2) is 0 Å². The molecule has 105 valence electrons. The van der Waals surface area contributed by atoms with Crippen molar-refractivity contribution < 1.29 is 13.0 Å². The standard InChI is InChI=1S/C13H19N2O3S/c1-3-12(11-19(16,17)18)9-10-14-15(2)13-7-5-4-6-8-13/h4-8,10,12H,1,3,9,11H2,2H3,(H,16,17,18). The molecule has 5 nitrogen and oxygen atoms in total. The Morgan fingerprint density at radius 3 is 2.58 bits per heavy atom. The molecule has 0 fully saturated rings. The first-order chi connectivity index (χ1) is 8.92. The van der Waals surface area contributed by atoms with E-state index < -0.39 is 10.1 Å². The van der Waals surface area contributed by atoms with Crippen LogP contribution in [0.5, 0.6) is 0 Å².